The fourth-order valence-corrected chi connectivity index (χ4v) is 1.91. The second kappa shape index (κ2) is 3.22. The van der Waals surface area contributed by atoms with Crippen molar-refractivity contribution in [3.63, 3.8) is 0 Å². The van der Waals surface area contributed by atoms with Gasteiger partial charge in [-0.25, -0.2) is 0 Å². The Hall–Kier alpha value is -1.13. The lowest BCUT2D eigenvalue weighted by Gasteiger charge is -2.41. The van der Waals surface area contributed by atoms with Crippen molar-refractivity contribution in [3.8, 4) is 5.75 Å². The summed E-state index contributed by atoms with van der Waals surface area (Å²) >= 11 is 0. The normalized spacial score (nSPS) is 30.9. The maximum absolute atomic E-state index is 10.1. The van der Waals surface area contributed by atoms with Gasteiger partial charge in [0.15, 0.2) is 0 Å². The van der Waals surface area contributed by atoms with Crippen LogP contribution in [0.2, 0.25) is 0 Å². The molecular formula is C10H14N2O2. The van der Waals surface area contributed by atoms with Crippen molar-refractivity contribution in [1.82, 2.24) is 4.98 Å². The first-order valence-electron chi connectivity index (χ1n) is 4.63. The van der Waals surface area contributed by atoms with E-state index in [1.807, 2.05) is 0 Å². The Kier molecular flexibility index (Phi) is 2.17. The maximum Gasteiger partial charge on any atom is 0.143 e. The Morgan fingerprint density at radius 3 is 2.93 bits per heavy atom. The van der Waals surface area contributed by atoms with Crippen LogP contribution in [-0.4, -0.2) is 23.2 Å². The van der Waals surface area contributed by atoms with Gasteiger partial charge in [-0.15, -0.1) is 0 Å². The van der Waals surface area contributed by atoms with Gasteiger partial charge in [-0.1, -0.05) is 0 Å². The van der Waals surface area contributed by atoms with E-state index in [0.29, 0.717) is 24.3 Å². The second-order valence-corrected chi connectivity index (χ2v) is 3.75. The molecule has 0 atom stereocenters. The van der Waals surface area contributed by atoms with Crippen molar-refractivity contribution in [2.45, 2.75) is 24.5 Å². The number of rotatable bonds is 2. The molecule has 0 unspecified atom stereocenters. The predicted molar refractivity (Wildman–Crippen MR) is 51.9 cm³/mol. The Labute approximate surface area is 82.7 Å². The molecule has 1 saturated carbocycles. The van der Waals surface area contributed by atoms with Crippen molar-refractivity contribution in [1.29, 1.82) is 0 Å². The van der Waals surface area contributed by atoms with E-state index < -0.39 is 5.60 Å². The molecule has 3 N–H and O–H groups in total. The molecule has 4 nitrogen and oxygen atoms in total. The van der Waals surface area contributed by atoms with Gasteiger partial charge >= 0.3 is 0 Å². The first-order valence-corrected chi connectivity index (χ1v) is 4.63. The Morgan fingerprint density at radius 2 is 2.36 bits per heavy atom. The minimum atomic E-state index is -0.883. The molecule has 14 heavy (non-hydrogen) atoms. The lowest BCUT2D eigenvalue weighted by atomic mass is 9.73. The molecule has 4 heteroatoms. The molecule has 1 aliphatic rings. The van der Waals surface area contributed by atoms with Crippen LogP contribution in [0.25, 0.3) is 0 Å². The molecule has 0 aliphatic heterocycles. The van der Waals surface area contributed by atoms with E-state index in [4.69, 9.17) is 10.5 Å². The Bertz CT molecular complexity index is 335. The summed E-state index contributed by atoms with van der Waals surface area (Å²) in [6, 6.07) is 3.65. The average Bonchev–Trinajstić information content (AvgIpc) is 2.15. The summed E-state index contributed by atoms with van der Waals surface area (Å²) in [6.45, 7) is 0. The van der Waals surface area contributed by atoms with Crippen molar-refractivity contribution in [2.75, 3.05) is 7.11 Å². The molecule has 1 aromatic rings. The first kappa shape index (κ1) is 9.43. The number of hydrogen-bond acceptors (Lipinski definition) is 4. The van der Waals surface area contributed by atoms with Crippen LogP contribution in [-0.2, 0) is 5.60 Å². The van der Waals surface area contributed by atoms with Gasteiger partial charge in [0.25, 0.3) is 0 Å². The van der Waals surface area contributed by atoms with Gasteiger partial charge in [-0.05, 0) is 25.0 Å². The highest BCUT2D eigenvalue weighted by atomic mass is 16.5. The summed E-state index contributed by atoms with van der Waals surface area (Å²) in [5, 5.41) is 10.1. The van der Waals surface area contributed by atoms with Gasteiger partial charge in [-0.2, -0.15) is 0 Å². The molecule has 0 bridgehead atoms. The zero-order valence-corrected chi connectivity index (χ0v) is 8.10. The maximum atomic E-state index is 10.1. The largest absolute Gasteiger partial charge is 0.495 e. The number of nitrogens with two attached hydrogens (primary N) is 1. The van der Waals surface area contributed by atoms with Crippen molar-refractivity contribution >= 4 is 0 Å². The molecule has 1 heterocycles. The molecule has 0 saturated heterocycles. The Balaban J connectivity index is 2.32. The fraction of sp³-hybridized carbons (Fsp3) is 0.500. The highest BCUT2D eigenvalue weighted by Crippen LogP contribution is 2.42. The molecule has 0 aromatic carbocycles. The van der Waals surface area contributed by atoms with E-state index in [1.165, 1.54) is 0 Å². The average molecular weight is 194 g/mol. The highest BCUT2D eigenvalue weighted by molar-refractivity contribution is 5.33. The third kappa shape index (κ3) is 1.36. The van der Waals surface area contributed by atoms with Gasteiger partial charge in [-0.3, -0.25) is 4.98 Å². The Morgan fingerprint density at radius 1 is 1.64 bits per heavy atom. The monoisotopic (exact) mass is 194 g/mol. The van der Waals surface area contributed by atoms with Crippen LogP contribution in [0.4, 0.5) is 0 Å². The van der Waals surface area contributed by atoms with Crippen LogP contribution in [0, 0.1) is 0 Å². The van der Waals surface area contributed by atoms with Crippen LogP contribution in [0.5, 0.6) is 5.75 Å². The highest BCUT2D eigenvalue weighted by Gasteiger charge is 2.45. The van der Waals surface area contributed by atoms with E-state index in [-0.39, 0.29) is 6.04 Å². The number of aromatic nitrogens is 1. The minimum Gasteiger partial charge on any atom is -0.495 e. The standard InChI is InChI=1S/C10H14N2O2/c1-14-8-3-2-4-12-9(8)10(13)5-7(11)6-10/h2-4,7,13H,5-6,11H2,1H3. The van der Waals surface area contributed by atoms with Gasteiger partial charge < -0.3 is 15.6 Å². The number of aliphatic hydroxyl groups is 1. The fourth-order valence-electron chi connectivity index (χ4n) is 1.91. The van der Waals surface area contributed by atoms with Crippen molar-refractivity contribution in [3.05, 3.63) is 24.0 Å². The van der Waals surface area contributed by atoms with Gasteiger partial charge in [0.2, 0.25) is 0 Å². The summed E-state index contributed by atoms with van der Waals surface area (Å²) in [7, 11) is 1.57. The predicted octanol–water partition coefficient (Wildman–Crippen LogP) is 0.399. The molecule has 1 aromatic heterocycles. The lowest BCUT2D eigenvalue weighted by molar-refractivity contribution is -0.0575. The molecule has 1 aliphatic carbocycles. The van der Waals surface area contributed by atoms with Crippen LogP contribution in [0.3, 0.4) is 0 Å². The van der Waals surface area contributed by atoms with E-state index in [0.717, 1.165) is 0 Å². The summed E-state index contributed by atoms with van der Waals surface area (Å²) in [6.07, 6.45) is 2.76. The van der Waals surface area contributed by atoms with E-state index >= 15 is 0 Å². The van der Waals surface area contributed by atoms with Crippen molar-refractivity contribution < 1.29 is 9.84 Å². The summed E-state index contributed by atoms with van der Waals surface area (Å²) < 4.78 is 5.14. The summed E-state index contributed by atoms with van der Waals surface area (Å²) in [5.41, 5.74) is 5.37. The van der Waals surface area contributed by atoms with Crippen LogP contribution >= 0.6 is 0 Å². The third-order valence-corrected chi connectivity index (χ3v) is 2.63. The summed E-state index contributed by atoms with van der Waals surface area (Å²) in [4.78, 5) is 4.15. The van der Waals surface area contributed by atoms with Gasteiger partial charge in [0.1, 0.15) is 17.0 Å². The number of pyridine rings is 1. The zero-order chi connectivity index (χ0) is 10.2. The molecule has 76 valence electrons. The zero-order valence-electron chi connectivity index (χ0n) is 8.10. The molecular weight excluding hydrogens is 180 g/mol. The topological polar surface area (TPSA) is 68.4 Å². The van der Waals surface area contributed by atoms with E-state index in [1.54, 1.807) is 25.4 Å². The SMILES string of the molecule is COc1cccnc1C1(O)CC(N)C1. The molecule has 0 amide bonds. The van der Waals surface area contributed by atoms with Gasteiger partial charge in [0.05, 0.1) is 7.11 Å². The molecule has 1 fully saturated rings. The minimum absolute atomic E-state index is 0.0757. The lowest BCUT2D eigenvalue weighted by Crippen LogP contribution is -2.49. The van der Waals surface area contributed by atoms with E-state index in [2.05, 4.69) is 4.98 Å². The number of nitrogens with zero attached hydrogens (tertiary/aromatic N) is 1. The first-order chi connectivity index (χ1) is 6.65. The van der Waals surface area contributed by atoms with Crippen molar-refractivity contribution in [2.24, 2.45) is 5.73 Å². The van der Waals surface area contributed by atoms with Crippen LogP contribution < -0.4 is 10.5 Å². The van der Waals surface area contributed by atoms with Gasteiger partial charge in [0, 0.05) is 12.2 Å². The van der Waals surface area contributed by atoms with E-state index in [9.17, 15) is 5.11 Å². The second-order valence-electron chi connectivity index (χ2n) is 3.75. The van der Waals surface area contributed by atoms with Crippen LogP contribution in [0.15, 0.2) is 18.3 Å². The quantitative estimate of drug-likeness (QED) is 0.715. The smallest absolute Gasteiger partial charge is 0.143 e. The number of ether oxygens (including phenoxy) is 1. The molecule has 0 spiro atoms. The molecule has 2 rings (SSSR count). The summed E-state index contributed by atoms with van der Waals surface area (Å²) in [5.74, 6) is 0.627. The number of methoxy groups -OCH3 is 1. The number of hydrogen-bond donors (Lipinski definition) is 2. The third-order valence-electron chi connectivity index (χ3n) is 2.63. The van der Waals surface area contributed by atoms with Crippen LogP contribution in [0.1, 0.15) is 18.5 Å². The molecule has 0 radical (unpaired) electrons.